The van der Waals surface area contributed by atoms with E-state index in [1.54, 1.807) is 29.2 Å². The number of likely N-dealkylation sites (N-methyl/N-ethyl adjacent to an activating group) is 1. The molecule has 0 bridgehead atoms. The Hall–Kier alpha value is -3.64. The minimum absolute atomic E-state index is 0.0202. The van der Waals surface area contributed by atoms with Crippen LogP contribution in [0.25, 0.3) is 11.0 Å². The Morgan fingerprint density at radius 3 is 2.42 bits per heavy atom. The van der Waals surface area contributed by atoms with Gasteiger partial charge in [0.05, 0.1) is 21.6 Å². The molecule has 0 saturated heterocycles. The molecule has 0 atom stereocenters. The van der Waals surface area contributed by atoms with Crippen LogP contribution in [-0.2, 0) is 17.8 Å². The van der Waals surface area contributed by atoms with Crippen molar-refractivity contribution in [3.8, 4) is 0 Å². The normalized spacial score (nSPS) is 10.8. The molecule has 0 unspecified atom stereocenters. The van der Waals surface area contributed by atoms with Gasteiger partial charge in [0, 0.05) is 25.2 Å². The molecule has 4 aromatic rings. The largest absolute Gasteiger partial charge is 0.352 e. The summed E-state index contributed by atoms with van der Waals surface area (Å²) in [5.74, 6) is 0.488. The predicted octanol–water partition coefficient (Wildman–Crippen LogP) is 4.72. The van der Waals surface area contributed by atoms with Crippen LogP contribution in [0.1, 0.15) is 23.1 Å². The Morgan fingerprint density at radius 2 is 1.67 bits per heavy atom. The van der Waals surface area contributed by atoms with Crippen molar-refractivity contribution >= 4 is 40.1 Å². The minimum Gasteiger partial charge on any atom is -0.352 e. The van der Waals surface area contributed by atoms with Crippen molar-refractivity contribution in [2.45, 2.75) is 19.9 Å². The van der Waals surface area contributed by atoms with Crippen molar-refractivity contribution in [3.63, 3.8) is 0 Å². The summed E-state index contributed by atoms with van der Waals surface area (Å²) in [4.78, 5) is 32.2. The molecule has 1 heterocycles. The molecule has 0 aliphatic rings. The zero-order valence-corrected chi connectivity index (χ0v) is 19.1. The lowest BCUT2D eigenvalue weighted by Gasteiger charge is -2.22. The minimum atomic E-state index is -0.236. The molecule has 0 fully saturated rings. The molecule has 1 aromatic heterocycles. The molecule has 7 heteroatoms. The maximum atomic E-state index is 13.2. The first-order valence-electron chi connectivity index (χ1n) is 10.9. The Bertz CT molecular complexity index is 1270. The third kappa shape index (κ3) is 5.07. The molecule has 0 aliphatic carbocycles. The second-order valence-corrected chi connectivity index (χ2v) is 7.97. The fraction of sp³-hybridized carbons (Fsp3) is 0.192. The summed E-state index contributed by atoms with van der Waals surface area (Å²) in [5.41, 5.74) is 3.01. The summed E-state index contributed by atoms with van der Waals surface area (Å²) in [6, 6.07) is 24.3. The van der Waals surface area contributed by atoms with E-state index in [0.29, 0.717) is 30.1 Å². The number of nitrogens with zero attached hydrogens (tertiary/aromatic N) is 3. The number of fused-ring (bicyclic) bond motifs is 1. The van der Waals surface area contributed by atoms with Gasteiger partial charge in [-0.2, -0.15) is 0 Å². The van der Waals surface area contributed by atoms with Crippen molar-refractivity contribution < 1.29 is 9.59 Å². The SMILES string of the molecule is CCN(C(=O)Cn1c(CCNC(=O)c2ccccc2Cl)nc2ccccc21)c1ccccc1. The van der Waals surface area contributed by atoms with Crippen molar-refractivity contribution in [2.75, 3.05) is 18.0 Å². The monoisotopic (exact) mass is 460 g/mol. The Kier molecular flexibility index (Phi) is 7.05. The van der Waals surface area contributed by atoms with Gasteiger partial charge in [0.25, 0.3) is 5.91 Å². The maximum Gasteiger partial charge on any atom is 0.252 e. The number of carbonyl (C=O) groups is 2. The summed E-state index contributed by atoms with van der Waals surface area (Å²) in [5, 5.41) is 3.31. The molecular formula is C26H25ClN4O2. The predicted molar refractivity (Wildman–Crippen MR) is 132 cm³/mol. The topological polar surface area (TPSA) is 67.2 Å². The van der Waals surface area contributed by atoms with Gasteiger partial charge in [0.1, 0.15) is 12.4 Å². The zero-order valence-electron chi connectivity index (χ0n) is 18.4. The van der Waals surface area contributed by atoms with Crippen LogP contribution in [-0.4, -0.2) is 34.5 Å². The number of hydrogen-bond donors (Lipinski definition) is 1. The number of carbonyl (C=O) groups excluding carboxylic acids is 2. The van der Waals surface area contributed by atoms with Crippen molar-refractivity contribution in [1.82, 2.24) is 14.9 Å². The van der Waals surface area contributed by atoms with Gasteiger partial charge in [-0.15, -0.1) is 0 Å². The molecule has 0 saturated carbocycles. The smallest absolute Gasteiger partial charge is 0.252 e. The highest BCUT2D eigenvalue weighted by Gasteiger charge is 2.19. The number of para-hydroxylation sites is 3. The van der Waals surface area contributed by atoms with Gasteiger partial charge in [-0.3, -0.25) is 9.59 Å². The van der Waals surface area contributed by atoms with E-state index in [4.69, 9.17) is 16.6 Å². The van der Waals surface area contributed by atoms with Crippen LogP contribution in [0.15, 0.2) is 78.9 Å². The summed E-state index contributed by atoms with van der Waals surface area (Å²) < 4.78 is 1.94. The highest BCUT2D eigenvalue weighted by Crippen LogP contribution is 2.19. The number of anilines is 1. The summed E-state index contributed by atoms with van der Waals surface area (Å²) in [7, 11) is 0. The Balaban J connectivity index is 1.53. The fourth-order valence-electron chi connectivity index (χ4n) is 3.85. The number of hydrogen-bond acceptors (Lipinski definition) is 3. The summed E-state index contributed by atoms with van der Waals surface area (Å²) in [6.07, 6.45) is 0.482. The number of halogens is 1. The van der Waals surface area contributed by atoms with Crippen LogP contribution >= 0.6 is 11.6 Å². The standard InChI is InChI=1S/C26H25ClN4O2/c1-2-30(19-10-4-3-5-11-19)25(32)18-31-23-15-9-8-14-22(23)29-24(31)16-17-28-26(33)20-12-6-7-13-21(20)27/h3-15H,2,16-18H2,1H3,(H,28,33). The van der Waals surface area contributed by atoms with E-state index in [0.717, 1.165) is 22.5 Å². The molecule has 3 aromatic carbocycles. The average molecular weight is 461 g/mol. The van der Waals surface area contributed by atoms with Crippen LogP contribution < -0.4 is 10.2 Å². The quantitative estimate of drug-likeness (QED) is 0.414. The maximum absolute atomic E-state index is 13.2. The van der Waals surface area contributed by atoms with Gasteiger partial charge < -0.3 is 14.8 Å². The lowest BCUT2D eigenvalue weighted by atomic mass is 10.2. The average Bonchev–Trinajstić information content (AvgIpc) is 3.17. The molecule has 1 N–H and O–H groups in total. The van der Waals surface area contributed by atoms with Crippen molar-refractivity contribution in [2.24, 2.45) is 0 Å². The number of nitrogens with one attached hydrogen (secondary N) is 1. The lowest BCUT2D eigenvalue weighted by molar-refractivity contribution is -0.119. The first-order valence-corrected chi connectivity index (χ1v) is 11.3. The van der Waals surface area contributed by atoms with E-state index in [9.17, 15) is 9.59 Å². The van der Waals surface area contributed by atoms with E-state index >= 15 is 0 Å². The van der Waals surface area contributed by atoms with Gasteiger partial charge in [0.15, 0.2) is 0 Å². The van der Waals surface area contributed by atoms with E-state index in [1.807, 2.05) is 66.1 Å². The van der Waals surface area contributed by atoms with Gasteiger partial charge >= 0.3 is 0 Å². The summed E-state index contributed by atoms with van der Waals surface area (Å²) in [6.45, 7) is 3.07. The number of rotatable bonds is 8. The second kappa shape index (κ2) is 10.3. The molecule has 6 nitrogen and oxygen atoms in total. The molecule has 2 amide bonds. The third-order valence-electron chi connectivity index (χ3n) is 5.46. The Morgan fingerprint density at radius 1 is 0.970 bits per heavy atom. The molecule has 0 spiro atoms. The first-order chi connectivity index (χ1) is 16.1. The number of aromatic nitrogens is 2. The van der Waals surface area contributed by atoms with E-state index < -0.39 is 0 Å². The van der Waals surface area contributed by atoms with E-state index in [2.05, 4.69) is 5.32 Å². The van der Waals surface area contributed by atoms with E-state index in [1.165, 1.54) is 0 Å². The van der Waals surface area contributed by atoms with Gasteiger partial charge in [-0.25, -0.2) is 4.98 Å². The van der Waals surface area contributed by atoms with Crippen LogP contribution in [0.3, 0.4) is 0 Å². The number of imidazole rings is 1. The molecule has 4 rings (SSSR count). The fourth-order valence-corrected chi connectivity index (χ4v) is 4.07. The lowest BCUT2D eigenvalue weighted by Crippen LogP contribution is -2.34. The Labute approximate surface area is 197 Å². The van der Waals surface area contributed by atoms with Crippen LogP contribution in [0, 0.1) is 0 Å². The highest BCUT2D eigenvalue weighted by atomic mass is 35.5. The van der Waals surface area contributed by atoms with Crippen molar-refractivity contribution in [3.05, 3.63) is 95.3 Å². The molecule has 33 heavy (non-hydrogen) atoms. The third-order valence-corrected chi connectivity index (χ3v) is 5.79. The van der Waals surface area contributed by atoms with Crippen LogP contribution in [0.4, 0.5) is 5.69 Å². The molecule has 168 valence electrons. The highest BCUT2D eigenvalue weighted by molar-refractivity contribution is 6.33. The van der Waals surface area contributed by atoms with E-state index in [-0.39, 0.29) is 18.4 Å². The number of amides is 2. The number of benzene rings is 3. The van der Waals surface area contributed by atoms with Gasteiger partial charge in [0.2, 0.25) is 5.91 Å². The van der Waals surface area contributed by atoms with Gasteiger partial charge in [-0.1, -0.05) is 54.1 Å². The molecular weight excluding hydrogens is 436 g/mol. The summed E-state index contributed by atoms with van der Waals surface area (Å²) >= 11 is 6.13. The van der Waals surface area contributed by atoms with Crippen LogP contribution in [0.5, 0.6) is 0 Å². The zero-order chi connectivity index (χ0) is 23.2. The molecule has 0 aliphatic heterocycles. The van der Waals surface area contributed by atoms with Gasteiger partial charge in [-0.05, 0) is 43.3 Å². The second-order valence-electron chi connectivity index (χ2n) is 7.56. The van der Waals surface area contributed by atoms with Crippen molar-refractivity contribution in [1.29, 1.82) is 0 Å². The molecule has 0 radical (unpaired) electrons. The first kappa shape index (κ1) is 22.6. The van der Waals surface area contributed by atoms with Crippen LogP contribution in [0.2, 0.25) is 5.02 Å².